The first-order valence-electron chi connectivity index (χ1n) is 7.49. The predicted octanol–water partition coefficient (Wildman–Crippen LogP) is 4.46. The molecule has 0 bridgehead atoms. The highest BCUT2D eigenvalue weighted by Crippen LogP contribution is 2.39. The molecule has 0 spiro atoms. The van der Waals surface area contributed by atoms with Crippen LogP contribution >= 0.6 is 15.9 Å². The van der Waals surface area contributed by atoms with Crippen LogP contribution in [-0.2, 0) is 0 Å². The first-order chi connectivity index (χ1) is 9.63. The molecule has 3 nitrogen and oxygen atoms in total. The van der Waals surface area contributed by atoms with Crippen molar-refractivity contribution in [1.29, 1.82) is 0 Å². The van der Waals surface area contributed by atoms with Gasteiger partial charge in [0.1, 0.15) is 13.2 Å². The topological polar surface area (TPSA) is 30.5 Å². The van der Waals surface area contributed by atoms with Crippen molar-refractivity contribution < 1.29 is 9.47 Å². The van der Waals surface area contributed by atoms with Crippen molar-refractivity contribution in [1.82, 2.24) is 0 Å². The molecule has 1 aliphatic carbocycles. The Morgan fingerprint density at radius 2 is 1.75 bits per heavy atom. The fraction of sp³-hybridized carbons (Fsp3) is 0.625. The normalized spacial score (nSPS) is 29.1. The Labute approximate surface area is 129 Å². The molecule has 0 saturated heterocycles. The van der Waals surface area contributed by atoms with Gasteiger partial charge in [-0.15, -0.1) is 0 Å². The van der Waals surface area contributed by atoms with Gasteiger partial charge in [0.05, 0.1) is 5.69 Å². The average Bonchev–Trinajstić information content (AvgIpc) is 2.44. The number of hydrogen-bond donors (Lipinski definition) is 1. The summed E-state index contributed by atoms with van der Waals surface area (Å²) in [6.07, 6.45) is 3.79. The van der Waals surface area contributed by atoms with Crippen molar-refractivity contribution in [3.05, 3.63) is 16.6 Å². The zero-order chi connectivity index (χ0) is 14.1. The molecule has 2 aliphatic rings. The summed E-state index contributed by atoms with van der Waals surface area (Å²) in [5.41, 5.74) is 1.11. The average molecular weight is 340 g/mol. The van der Waals surface area contributed by atoms with Crippen LogP contribution in [0.2, 0.25) is 0 Å². The molecule has 1 aliphatic heterocycles. The molecule has 3 rings (SSSR count). The number of halogens is 1. The minimum Gasteiger partial charge on any atom is -0.486 e. The number of nitrogens with one attached hydrogen (secondary N) is 1. The third kappa shape index (κ3) is 2.90. The molecule has 1 aromatic carbocycles. The highest BCUT2D eigenvalue weighted by atomic mass is 79.9. The van der Waals surface area contributed by atoms with Gasteiger partial charge >= 0.3 is 0 Å². The largest absolute Gasteiger partial charge is 0.486 e. The predicted molar refractivity (Wildman–Crippen MR) is 84.7 cm³/mol. The van der Waals surface area contributed by atoms with E-state index in [0.29, 0.717) is 19.3 Å². The Hall–Kier alpha value is -0.900. The van der Waals surface area contributed by atoms with E-state index in [1.807, 2.05) is 6.07 Å². The molecule has 3 atom stereocenters. The van der Waals surface area contributed by atoms with E-state index in [2.05, 4.69) is 41.2 Å². The monoisotopic (exact) mass is 339 g/mol. The first kappa shape index (κ1) is 14.1. The van der Waals surface area contributed by atoms with E-state index in [1.165, 1.54) is 19.3 Å². The maximum absolute atomic E-state index is 5.66. The van der Waals surface area contributed by atoms with Crippen LogP contribution in [0.1, 0.15) is 33.1 Å². The van der Waals surface area contributed by atoms with Crippen LogP contribution < -0.4 is 14.8 Å². The van der Waals surface area contributed by atoms with E-state index in [1.54, 1.807) is 0 Å². The van der Waals surface area contributed by atoms with E-state index in [-0.39, 0.29) is 0 Å². The van der Waals surface area contributed by atoms with Crippen LogP contribution in [0.4, 0.5) is 5.69 Å². The summed E-state index contributed by atoms with van der Waals surface area (Å²) in [5.74, 6) is 3.31. The molecule has 1 aromatic rings. The smallest absolute Gasteiger partial charge is 0.163 e. The van der Waals surface area contributed by atoms with Crippen LogP contribution in [0.5, 0.6) is 11.5 Å². The standard InChI is InChI=1S/C16H22BrNO2/c1-10-3-4-12(7-11(10)2)18-14-9-16-15(8-13(14)17)19-5-6-20-16/h8-12,18H,3-7H2,1-2H3. The molecule has 3 unspecified atom stereocenters. The SMILES string of the molecule is CC1CCC(Nc2cc3c(cc2Br)OCCO3)CC1C. The van der Waals surface area contributed by atoms with Gasteiger partial charge in [-0.3, -0.25) is 0 Å². The molecule has 110 valence electrons. The number of benzene rings is 1. The van der Waals surface area contributed by atoms with Gasteiger partial charge in [-0.25, -0.2) is 0 Å². The lowest BCUT2D eigenvalue weighted by Crippen LogP contribution is -2.30. The van der Waals surface area contributed by atoms with Crippen molar-refractivity contribution in [2.24, 2.45) is 11.8 Å². The highest BCUT2D eigenvalue weighted by Gasteiger charge is 2.25. The second kappa shape index (κ2) is 5.84. The lowest BCUT2D eigenvalue weighted by Gasteiger charge is -2.33. The summed E-state index contributed by atoms with van der Waals surface area (Å²) >= 11 is 3.63. The summed E-state index contributed by atoms with van der Waals surface area (Å²) in [6, 6.07) is 4.62. The molecule has 0 aromatic heterocycles. The Kier molecular flexibility index (Phi) is 4.11. The summed E-state index contributed by atoms with van der Waals surface area (Å²) in [4.78, 5) is 0. The van der Waals surface area contributed by atoms with Gasteiger partial charge in [0.25, 0.3) is 0 Å². The molecule has 20 heavy (non-hydrogen) atoms. The van der Waals surface area contributed by atoms with Gasteiger partial charge in [-0.2, -0.15) is 0 Å². The van der Waals surface area contributed by atoms with Gasteiger partial charge in [-0.1, -0.05) is 13.8 Å². The van der Waals surface area contributed by atoms with Gasteiger partial charge in [0.15, 0.2) is 11.5 Å². The molecule has 0 radical (unpaired) electrons. The third-order valence-electron chi connectivity index (χ3n) is 4.59. The van der Waals surface area contributed by atoms with Gasteiger partial charge in [0.2, 0.25) is 0 Å². The van der Waals surface area contributed by atoms with E-state index in [4.69, 9.17) is 9.47 Å². The lowest BCUT2D eigenvalue weighted by atomic mass is 9.79. The molecule has 0 amide bonds. The van der Waals surface area contributed by atoms with Crippen LogP contribution in [0.3, 0.4) is 0 Å². The Balaban J connectivity index is 1.74. The van der Waals surface area contributed by atoms with E-state index in [9.17, 15) is 0 Å². The summed E-state index contributed by atoms with van der Waals surface area (Å²) in [7, 11) is 0. The quantitative estimate of drug-likeness (QED) is 0.862. The third-order valence-corrected chi connectivity index (χ3v) is 5.25. The molecule has 1 saturated carbocycles. The van der Waals surface area contributed by atoms with E-state index >= 15 is 0 Å². The molecule has 1 heterocycles. The molecular formula is C16H22BrNO2. The molecule has 1 fully saturated rings. The van der Waals surface area contributed by atoms with Gasteiger partial charge in [-0.05, 0) is 47.0 Å². The maximum Gasteiger partial charge on any atom is 0.163 e. The number of anilines is 1. The lowest BCUT2D eigenvalue weighted by molar-refractivity contribution is 0.171. The van der Waals surface area contributed by atoms with Crippen molar-refractivity contribution in [2.75, 3.05) is 18.5 Å². The van der Waals surface area contributed by atoms with Crippen molar-refractivity contribution in [3.63, 3.8) is 0 Å². The Morgan fingerprint density at radius 3 is 2.45 bits per heavy atom. The van der Waals surface area contributed by atoms with Crippen LogP contribution in [0.25, 0.3) is 0 Å². The zero-order valence-electron chi connectivity index (χ0n) is 12.1. The molecule has 4 heteroatoms. The Morgan fingerprint density at radius 1 is 1.05 bits per heavy atom. The van der Waals surface area contributed by atoms with Crippen molar-refractivity contribution >= 4 is 21.6 Å². The van der Waals surface area contributed by atoms with Gasteiger partial charge < -0.3 is 14.8 Å². The van der Waals surface area contributed by atoms with E-state index in [0.717, 1.165) is 33.5 Å². The van der Waals surface area contributed by atoms with Crippen LogP contribution in [0, 0.1) is 11.8 Å². The molecule has 1 N–H and O–H groups in total. The number of hydrogen-bond acceptors (Lipinski definition) is 3. The molecular weight excluding hydrogens is 318 g/mol. The number of rotatable bonds is 2. The zero-order valence-corrected chi connectivity index (χ0v) is 13.7. The van der Waals surface area contributed by atoms with E-state index < -0.39 is 0 Å². The minimum atomic E-state index is 0.556. The minimum absolute atomic E-state index is 0.556. The van der Waals surface area contributed by atoms with Crippen LogP contribution in [-0.4, -0.2) is 19.3 Å². The maximum atomic E-state index is 5.66. The number of ether oxygens (including phenoxy) is 2. The fourth-order valence-electron chi connectivity index (χ4n) is 3.07. The highest BCUT2D eigenvalue weighted by molar-refractivity contribution is 9.10. The van der Waals surface area contributed by atoms with Crippen LogP contribution in [0.15, 0.2) is 16.6 Å². The summed E-state index contributed by atoms with van der Waals surface area (Å²) in [5, 5.41) is 3.67. The summed E-state index contributed by atoms with van der Waals surface area (Å²) < 4.78 is 12.3. The van der Waals surface area contributed by atoms with Crippen molar-refractivity contribution in [3.8, 4) is 11.5 Å². The Bertz CT molecular complexity index is 492. The number of fused-ring (bicyclic) bond motifs is 1. The van der Waals surface area contributed by atoms with Crippen molar-refractivity contribution in [2.45, 2.75) is 39.2 Å². The first-order valence-corrected chi connectivity index (χ1v) is 8.28. The summed E-state index contributed by atoms with van der Waals surface area (Å²) in [6.45, 7) is 5.98. The fourth-order valence-corrected chi connectivity index (χ4v) is 3.51. The second-order valence-corrected chi connectivity index (χ2v) is 6.94. The van der Waals surface area contributed by atoms with Gasteiger partial charge in [0, 0.05) is 22.6 Å². The second-order valence-electron chi connectivity index (χ2n) is 6.08.